The quantitative estimate of drug-likeness (QED) is 0.410. The molecule has 1 amide bonds. The van der Waals surface area contributed by atoms with Gasteiger partial charge in [-0.25, -0.2) is 0 Å². The van der Waals surface area contributed by atoms with Gasteiger partial charge in [-0.05, 0) is 43.9 Å². The van der Waals surface area contributed by atoms with Crippen LogP contribution in [0, 0.1) is 10.1 Å². The zero-order chi connectivity index (χ0) is 26.6. The number of carbonyl (C=O) groups excluding carboxylic acids is 1. The van der Waals surface area contributed by atoms with Crippen molar-refractivity contribution in [1.82, 2.24) is 9.88 Å². The van der Waals surface area contributed by atoms with Crippen LogP contribution in [-0.2, 0) is 11.0 Å². The van der Waals surface area contributed by atoms with Crippen LogP contribution in [0.5, 0.6) is 5.88 Å². The van der Waals surface area contributed by atoms with Crippen LogP contribution in [0.15, 0.2) is 36.4 Å². The molecule has 12 heteroatoms. The number of ether oxygens (including phenoxy) is 1. The molecule has 0 bridgehead atoms. The van der Waals surface area contributed by atoms with Crippen molar-refractivity contribution < 1.29 is 27.6 Å². The van der Waals surface area contributed by atoms with Crippen LogP contribution in [0.1, 0.15) is 44.6 Å². The van der Waals surface area contributed by atoms with E-state index < -0.39 is 22.4 Å². The average Bonchev–Trinajstić information content (AvgIpc) is 2.89. The van der Waals surface area contributed by atoms with E-state index in [0.29, 0.717) is 64.2 Å². The summed E-state index contributed by atoms with van der Waals surface area (Å²) in [5.41, 5.74) is -2.01. The summed E-state index contributed by atoms with van der Waals surface area (Å²) in [6.45, 7) is 4.60. The zero-order valence-corrected chi connectivity index (χ0v) is 20.5. The molecule has 2 aliphatic rings. The molecule has 9 nitrogen and oxygen atoms in total. The summed E-state index contributed by atoms with van der Waals surface area (Å²) in [4.78, 5) is 30.5. The Morgan fingerprint density at radius 2 is 1.84 bits per heavy atom. The highest BCUT2D eigenvalue weighted by atomic mass is 19.4. The molecule has 0 atom stereocenters. The lowest BCUT2D eigenvalue weighted by Crippen LogP contribution is -2.48. The van der Waals surface area contributed by atoms with Gasteiger partial charge in [-0.1, -0.05) is 13.0 Å². The number of nitro benzene ring substituents is 1. The van der Waals surface area contributed by atoms with Crippen molar-refractivity contribution in [3.05, 3.63) is 52.1 Å². The van der Waals surface area contributed by atoms with Crippen LogP contribution in [0.3, 0.4) is 0 Å². The first-order valence-corrected chi connectivity index (χ1v) is 12.4. The third kappa shape index (κ3) is 6.60. The second-order valence-corrected chi connectivity index (χ2v) is 9.28. The molecule has 1 saturated carbocycles. The molecule has 4 rings (SSSR count). The summed E-state index contributed by atoms with van der Waals surface area (Å²) >= 11 is 0. The Kier molecular flexibility index (Phi) is 8.03. The summed E-state index contributed by atoms with van der Waals surface area (Å²) in [6, 6.07) is 8.55. The number of anilines is 2. The molecule has 0 spiro atoms. The van der Waals surface area contributed by atoms with Crippen LogP contribution in [0.2, 0.25) is 0 Å². The Morgan fingerprint density at radius 3 is 2.46 bits per heavy atom. The Morgan fingerprint density at radius 1 is 1.14 bits per heavy atom. The number of amides is 1. The second-order valence-electron chi connectivity index (χ2n) is 9.28. The Bertz CT molecular complexity index is 1110. The lowest BCUT2D eigenvalue weighted by molar-refractivity contribution is -0.388. The SMILES string of the molecule is CCC(=O)N1CCN(c2cccc(O[C@H]3CC[C@H](Nc4ccc([N+](=O)[O-])c(C(F)(F)F)c4)CC3)n2)CC1. The topological polar surface area (TPSA) is 101 Å². The third-order valence-electron chi connectivity index (χ3n) is 6.80. The normalized spacial score (nSPS) is 20.4. The molecule has 1 aliphatic heterocycles. The van der Waals surface area contributed by atoms with E-state index in [1.807, 2.05) is 24.0 Å². The van der Waals surface area contributed by atoms with Gasteiger partial charge >= 0.3 is 6.18 Å². The summed E-state index contributed by atoms with van der Waals surface area (Å²) in [6.07, 6.45) is -1.63. The Balaban J connectivity index is 1.30. The number of halogens is 3. The summed E-state index contributed by atoms with van der Waals surface area (Å²) in [7, 11) is 0. The molecule has 0 unspecified atom stereocenters. The van der Waals surface area contributed by atoms with Gasteiger partial charge in [0.2, 0.25) is 11.8 Å². The van der Waals surface area contributed by atoms with Gasteiger partial charge in [0.1, 0.15) is 17.5 Å². The van der Waals surface area contributed by atoms with E-state index in [9.17, 15) is 28.1 Å². The standard InChI is InChI=1S/C25H30F3N5O4/c1-2-24(34)32-14-12-31(13-15-32)22-4-3-5-23(30-22)37-19-9-6-17(7-10-19)29-18-8-11-21(33(35)36)20(16-18)25(26,27)28/h3-5,8,11,16-17,19,29H,2,6-7,9-10,12-15H2,1H3/t17-,19-. The fourth-order valence-corrected chi connectivity index (χ4v) is 4.80. The molecular weight excluding hydrogens is 491 g/mol. The highest BCUT2D eigenvalue weighted by Gasteiger charge is 2.38. The van der Waals surface area contributed by atoms with Crippen LogP contribution in [0.25, 0.3) is 0 Å². The number of pyridine rings is 1. The van der Waals surface area contributed by atoms with Gasteiger partial charge in [-0.2, -0.15) is 18.2 Å². The molecule has 2 fully saturated rings. The van der Waals surface area contributed by atoms with Gasteiger partial charge in [-0.3, -0.25) is 14.9 Å². The molecule has 0 radical (unpaired) electrons. The molecule has 200 valence electrons. The van der Waals surface area contributed by atoms with E-state index in [2.05, 4.69) is 15.2 Å². The highest BCUT2D eigenvalue weighted by Crippen LogP contribution is 2.38. The molecule has 2 heterocycles. The monoisotopic (exact) mass is 521 g/mol. The number of piperazine rings is 1. The van der Waals surface area contributed by atoms with Gasteiger partial charge in [0.05, 0.1) is 4.92 Å². The summed E-state index contributed by atoms with van der Waals surface area (Å²) < 4.78 is 45.9. The van der Waals surface area contributed by atoms with Crippen molar-refractivity contribution in [2.24, 2.45) is 0 Å². The molecule has 1 aliphatic carbocycles. The maximum absolute atomic E-state index is 13.3. The van der Waals surface area contributed by atoms with Gasteiger partial charge in [0.15, 0.2) is 0 Å². The number of alkyl halides is 3. The van der Waals surface area contributed by atoms with E-state index >= 15 is 0 Å². The van der Waals surface area contributed by atoms with Crippen molar-refractivity contribution in [2.75, 3.05) is 36.4 Å². The summed E-state index contributed by atoms with van der Waals surface area (Å²) in [5.74, 6) is 1.48. The Hall–Kier alpha value is -3.57. The molecule has 1 aromatic carbocycles. The van der Waals surface area contributed by atoms with Gasteiger partial charge < -0.3 is 19.9 Å². The molecule has 2 aromatic rings. The molecule has 37 heavy (non-hydrogen) atoms. The van der Waals surface area contributed by atoms with Crippen LogP contribution in [-0.4, -0.2) is 59.0 Å². The fraction of sp³-hybridized carbons (Fsp3) is 0.520. The van der Waals surface area contributed by atoms with E-state index in [1.165, 1.54) is 6.07 Å². The van der Waals surface area contributed by atoms with Gasteiger partial charge in [-0.15, -0.1) is 0 Å². The number of aromatic nitrogens is 1. The third-order valence-corrected chi connectivity index (χ3v) is 6.80. The van der Waals surface area contributed by atoms with Crippen LogP contribution in [0.4, 0.5) is 30.4 Å². The summed E-state index contributed by atoms with van der Waals surface area (Å²) in [5, 5.41) is 14.0. The number of hydrogen-bond acceptors (Lipinski definition) is 7. The fourth-order valence-electron chi connectivity index (χ4n) is 4.80. The van der Waals surface area contributed by atoms with Gasteiger partial charge in [0.25, 0.3) is 5.69 Å². The molecule has 1 saturated heterocycles. The first-order valence-electron chi connectivity index (χ1n) is 12.4. The minimum Gasteiger partial charge on any atom is -0.474 e. The molecular formula is C25H30F3N5O4. The number of nitrogens with one attached hydrogen (secondary N) is 1. The number of carbonyl (C=O) groups is 1. The zero-order valence-electron chi connectivity index (χ0n) is 20.5. The number of rotatable bonds is 7. The lowest BCUT2D eigenvalue weighted by atomic mass is 9.92. The van der Waals surface area contributed by atoms with Crippen molar-refractivity contribution in [1.29, 1.82) is 0 Å². The van der Waals surface area contributed by atoms with Crippen LogP contribution >= 0.6 is 0 Å². The molecule has 1 aromatic heterocycles. The minimum absolute atomic E-state index is 0.0659. The number of nitro groups is 1. The van der Waals surface area contributed by atoms with Crippen LogP contribution < -0.4 is 15.0 Å². The van der Waals surface area contributed by atoms with E-state index in [-0.39, 0.29) is 23.7 Å². The smallest absolute Gasteiger partial charge is 0.423 e. The largest absolute Gasteiger partial charge is 0.474 e. The first-order chi connectivity index (χ1) is 17.6. The predicted molar refractivity (Wildman–Crippen MR) is 132 cm³/mol. The number of benzene rings is 1. The van der Waals surface area contributed by atoms with E-state index in [4.69, 9.17) is 4.74 Å². The van der Waals surface area contributed by atoms with Crippen molar-refractivity contribution >= 4 is 23.1 Å². The predicted octanol–water partition coefficient (Wildman–Crippen LogP) is 4.87. The van der Waals surface area contributed by atoms with Crippen molar-refractivity contribution in [2.45, 2.75) is 57.3 Å². The molecule has 1 N–H and O–H groups in total. The average molecular weight is 522 g/mol. The number of hydrogen-bond donors (Lipinski definition) is 1. The van der Waals surface area contributed by atoms with Crippen molar-refractivity contribution in [3.63, 3.8) is 0 Å². The lowest BCUT2D eigenvalue weighted by Gasteiger charge is -2.35. The van der Waals surface area contributed by atoms with E-state index in [1.54, 1.807) is 6.07 Å². The van der Waals surface area contributed by atoms with Gasteiger partial charge in [0, 0.05) is 56.5 Å². The number of nitrogens with zero attached hydrogens (tertiary/aromatic N) is 4. The van der Waals surface area contributed by atoms with E-state index in [0.717, 1.165) is 18.0 Å². The maximum Gasteiger partial charge on any atom is 0.423 e. The van der Waals surface area contributed by atoms with Crippen molar-refractivity contribution in [3.8, 4) is 5.88 Å². The highest BCUT2D eigenvalue weighted by molar-refractivity contribution is 5.76. The Labute approximate surface area is 212 Å². The second kappa shape index (κ2) is 11.2. The minimum atomic E-state index is -4.81. The first kappa shape index (κ1) is 26.5. The maximum atomic E-state index is 13.3.